The van der Waals surface area contributed by atoms with Gasteiger partial charge in [0.05, 0.1) is 19.3 Å². The van der Waals surface area contributed by atoms with Crippen molar-refractivity contribution in [3.05, 3.63) is 34.9 Å². The molecule has 0 amide bonds. The number of methoxy groups -OCH3 is 1. The number of hydrogen-bond donors (Lipinski definition) is 0. The highest BCUT2D eigenvalue weighted by molar-refractivity contribution is 6.38. The lowest BCUT2D eigenvalue weighted by Gasteiger charge is -2.09. The van der Waals surface area contributed by atoms with E-state index in [0.29, 0.717) is 17.2 Å². The summed E-state index contributed by atoms with van der Waals surface area (Å²) in [4.78, 5) is 11.7. The van der Waals surface area contributed by atoms with Crippen molar-refractivity contribution in [1.82, 2.24) is 0 Å². The molecule has 0 heterocycles. The maximum atomic E-state index is 11.7. The highest BCUT2D eigenvalue weighted by Gasteiger charge is 2.15. The lowest BCUT2D eigenvalue weighted by molar-refractivity contribution is -0.136. The van der Waals surface area contributed by atoms with E-state index >= 15 is 0 Å². The molecule has 1 rings (SSSR count). The Morgan fingerprint density at radius 1 is 1.29 bits per heavy atom. The summed E-state index contributed by atoms with van der Waals surface area (Å²) in [6.45, 7) is 3.74. The van der Waals surface area contributed by atoms with E-state index in [0.717, 1.165) is 11.3 Å². The molecular weight excluding hydrogens is 240 g/mol. The smallest absolute Gasteiger partial charge is 0.339 e. The van der Waals surface area contributed by atoms with Gasteiger partial charge in [-0.05, 0) is 31.5 Å². The predicted octanol–water partition coefficient (Wildman–Crippen LogP) is 3.23. The summed E-state index contributed by atoms with van der Waals surface area (Å²) in [5.41, 5.74) is 1.10. The molecule has 3 nitrogen and oxygen atoms in total. The van der Waals surface area contributed by atoms with E-state index in [-0.39, 0.29) is 0 Å². The Labute approximate surface area is 106 Å². The molecule has 0 aromatic heterocycles. The molecule has 17 heavy (non-hydrogen) atoms. The molecule has 0 saturated carbocycles. The molecule has 0 saturated heterocycles. The van der Waals surface area contributed by atoms with E-state index in [1.54, 1.807) is 45.2 Å². The van der Waals surface area contributed by atoms with Crippen molar-refractivity contribution in [3.8, 4) is 5.75 Å². The van der Waals surface area contributed by atoms with Gasteiger partial charge in [-0.25, -0.2) is 4.79 Å². The van der Waals surface area contributed by atoms with Crippen LogP contribution in [0.5, 0.6) is 5.75 Å². The SMILES string of the molecule is CCOC(=O)/C(=C(/C)Cl)c1ccc(OC)cc1. The van der Waals surface area contributed by atoms with Crippen molar-refractivity contribution >= 4 is 23.1 Å². The van der Waals surface area contributed by atoms with Crippen LogP contribution >= 0.6 is 11.6 Å². The van der Waals surface area contributed by atoms with Gasteiger partial charge in [-0.1, -0.05) is 23.7 Å². The van der Waals surface area contributed by atoms with Gasteiger partial charge >= 0.3 is 5.97 Å². The standard InChI is InChI=1S/C13H15ClO3/c1-4-17-13(15)12(9(2)14)10-5-7-11(16-3)8-6-10/h5-8H,4H2,1-3H3/b12-9-. The molecule has 0 bridgehead atoms. The van der Waals surface area contributed by atoms with Crippen molar-refractivity contribution in [2.45, 2.75) is 13.8 Å². The minimum atomic E-state index is -0.412. The van der Waals surface area contributed by atoms with Crippen LogP contribution in [0, 0.1) is 0 Å². The number of rotatable bonds is 4. The van der Waals surface area contributed by atoms with Gasteiger partial charge in [-0.15, -0.1) is 0 Å². The maximum absolute atomic E-state index is 11.7. The van der Waals surface area contributed by atoms with Gasteiger partial charge in [0.1, 0.15) is 5.75 Å². The Hall–Kier alpha value is -1.48. The van der Waals surface area contributed by atoms with Crippen molar-refractivity contribution in [2.24, 2.45) is 0 Å². The Morgan fingerprint density at radius 2 is 1.88 bits per heavy atom. The second kappa shape index (κ2) is 6.30. The highest BCUT2D eigenvalue weighted by atomic mass is 35.5. The van der Waals surface area contributed by atoms with Crippen LogP contribution in [-0.2, 0) is 9.53 Å². The fraction of sp³-hybridized carbons (Fsp3) is 0.308. The van der Waals surface area contributed by atoms with Gasteiger partial charge in [0.25, 0.3) is 0 Å². The molecule has 0 aliphatic carbocycles. The Kier molecular flexibility index (Phi) is 5.04. The summed E-state index contributed by atoms with van der Waals surface area (Å²) in [6.07, 6.45) is 0. The second-order valence-electron chi connectivity index (χ2n) is 3.36. The molecule has 0 radical (unpaired) electrons. The van der Waals surface area contributed by atoms with E-state index in [2.05, 4.69) is 0 Å². The summed E-state index contributed by atoms with van der Waals surface area (Å²) in [7, 11) is 1.59. The van der Waals surface area contributed by atoms with Gasteiger partial charge in [0, 0.05) is 5.03 Å². The minimum Gasteiger partial charge on any atom is -0.497 e. The molecule has 1 aromatic rings. The Morgan fingerprint density at radius 3 is 2.29 bits per heavy atom. The molecular formula is C13H15ClO3. The summed E-state index contributed by atoms with van der Waals surface area (Å²) in [5.74, 6) is 0.314. The number of benzene rings is 1. The molecule has 1 aromatic carbocycles. The number of allylic oxidation sites excluding steroid dienone is 1. The van der Waals surface area contributed by atoms with Gasteiger partial charge in [-0.2, -0.15) is 0 Å². The van der Waals surface area contributed by atoms with Crippen LogP contribution in [0.25, 0.3) is 5.57 Å². The van der Waals surface area contributed by atoms with Crippen LogP contribution in [-0.4, -0.2) is 19.7 Å². The number of hydrogen-bond acceptors (Lipinski definition) is 3. The first-order valence-corrected chi connectivity index (χ1v) is 5.65. The average molecular weight is 255 g/mol. The molecule has 0 aliphatic heterocycles. The Balaban J connectivity index is 3.07. The fourth-order valence-corrected chi connectivity index (χ4v) is 1.60. The predicted molar refractivity (Wildman–Crippen MR) is 68.1 cm³/mol. The van der Waals surface area contributed by atoms with Crippen molar-refractivity contribution in [3.63, 3.8) is 0 Å². The summed E-state index contributed by atoms with van der Waals surface area (Å²) in [5, 5.41) is 0.411. The van der Waals surface area contributed by atoms with E-state index in [9.17, 15) is 4.79 Å². The highest BCUT2D eigenvalue weighted by Crippen LogP contribution is 2.24. The molecule has 92 valence electrons. The third kappa shape index (κ3) is 3.49. The monoisotopic (exact) mass is 254 g/mol. The largest absolute Gasteiger partial charge is 0.497 e. The van der Waals surface area contributed by atoms with Crippen molar-refractivity contribution < 1.29 is 14.3 Å². The lowest BCUT2D eigenvalue weighted by Crippen LogP contribution is -2.07. The average Bonchev–Trinajstić information content (AvgIpc) is 2.30. The number of ether oxygens (including phenoxy) is 2. The third-order valence-electron chi connectivity index (χ3n) is 2.20. The number of carbonyl (C=O) groups excluding carboxylic acids is 1. The molecule has 4 heteroatoms. The summed E-state index contributed by atoms with van der Waals surface area (Å²) in [6, 6.07) is 7.09. The van der Waals surface area contributed by atoms with Gasteiger partial charge in [-0.3, -0.25) is 0 Å². The lowest BCUT2D eigenvalue weighted by atomic mass is 10.1. The van der Waals surface area contributed by atoms with Crippen LogP contribution < -0.4 is 4.74 Å². The van der Waals surface area contributed by atoms with Crippen molar-refractivity contribution in [1.29, 1.82) is 0 Å². The molecule has 0 aliphatic rings. The zero-order valence-electron chi connectivity index (χ0n) is 10.1. The van der Waals surface area contributed by atoms with Crippen LogP contribution in [0.2, 0.25) is 0 Å². The molecule has 0 N–H and O–H groups in total. The first-order chi connectivity index (χ1) is 8.10. The topological polar surface area (TPSA) is 35.5 Å². The fourth-order valence-electron chi connectivity index (χ4n) is 1.42. The normalized spacial score (nSPS) is 11.8. The number of carbonyl (C=O) groups is 1. The second-order valence-corrected chi connectivity index (χ2v) is 3.92. The van der Waals surface area contributed by atoms with Crippen molar-refractivity contribution in [2.75, 3.05) is 13.7 Å². The van der Waals surface area contributed by atoms with Crippen LogP contribution in [0.3, 0.4) is 0 Å². The quantitative estimate of drug-likeness (QED) is 0.611. The molecule has 0 atom stereocenters. The van der Waals surface area contributed by atoms with Gasteiger partial charge < -0.3 is 9.47 Å². The summed E-state index contributed by atoms with van der Waals surface area (Å²) >= 11 is 5.93. The van der Waals surface area contributed by atoms with Crippen LogP contribution in [0.15, 0.2) is 29.3 Å². The Bertz CT molecular complexity index is 417. The van der Waals surface area contributed by atoms with Crippen LogP contribution in [0.4, 0.5) is 0 Å². The first kappa shape index (κ1) is 13.6. The summed E-state index contributed by atoms with van der Waals surface area (Å²) < 4.78 is 10.0. The first-order valence-electron chi connectivity index (χ1n) is 5.28. The van der Waals surface area contributed by atoms with E-state index in [1.807, 2.05) is 0 Å². The molecule has 0 unspecified atom stereocenters. The van der Waals surface area contributed by atoms with E-state index < -0.39 is 5.97 Å². The minimum absolute atomic E-state index is 0.322. The zero-order chi connectivity index (χ0) is 12.8. The number of halogens is 1. The van der Waals surface area contributed by atoms with Crippen LogP contribution in [0.1, 0.15) is 19.4 Å². The number of esters is 1. The third-order valence-corrected chi connectivity index (χ3v) is 2.39. The van der Waals surface area contributed by atoms with Gasteiger partial charge in [0.2, 0.25) is 0 Å². The zero-order valence-corrected chi connectivity index (χ0v) is 10.9. The van der Waals surface area contributed by atoms with E-state index in [4.69, 9.17) is 21.1 Å². The molecule has 0 fully saturated rings. The maximum Gasteiger partial charge on any atom is 0.339 e. The molecule has 0 spiro atoms. The van der Waals surface area contributed by atoms with E-state index in [1.165, 1.54) is 0 Å². The van der Waals surface area contributed by atoms with Gasteiger partial charge in [0.15, 0.2) is 0 Å².